The van der Waals surface area contributed by atoms with E-state index in [1.165, 1.54) is 34.4 Å². The maximum atomic E-state index is 10.9. The second kappa shape index (κ2) is 10.1. The molecule has 0 unspecified atom stereocenters. The fourth-order valence-electron chi connectivity index (χ4n) is 4.09. The number of nitrogens with zero attached hydrogens (tertiary/aromatic N) is 1. The highest BCUT2D eigenvalue weighted by Crippen LogP contribution is 2.31. The normalized spacial score (nSPS) is 12.3. The van der Waals surface area contributed by atoms with E-state index in [4.69, 9.17) is 22.3 Å². The maximum Gasteiger partial charge on any atom is 0.217 e. The first kappa shape index (κ1) is 22.3. The number of halogens is 2. The van der Waals surface area contributed by atoms with Crippen LogP contribution in [0.3, 0.4) is 0 Å². The second-order valence-electron chi connectivity index (χ2n) is 7.77. The van der Waals surface area contributed by atoms with E-state index in [2.05, 4.69) is 36.4 Å². The minimum absolute atomic E-state index is 0. The minimum Gasteiger partial charge on any atom is -0.370 e. The maximum absolute atomic E-state index is 10.9. The van der Waals surface area contributed by atoms with Gasteiger partial charge in [-0.2, -0.15) is 0 Å². The van der Waals surface area contributed by atoms with Gasteiger partial charge in [-0.15, -0.1) is 12.4 Å². The summed E-state index contributed by atoms with van der Waals surface area (Å²) in [6, 6.07) is 18.9. The Hall–Kier alpha value is -2.36. The van der Waals surface area contributed by atoms with Gasteiger partial charge in [0.1, 0.15) is 0 Å². The van der Waals surface area contributed by atoms with Crippen molar-refractivity contribution in [1.82, 2.24) is 4.98 Å². The van der Waals surface area contributed by atoms with E-state index in [1.54, 1.807) is 0 Å². The van der Waals surface area contributed by atoms with Crippen LogP contribution >= 0.6 is 24.0 Å². The molecule has 0 spiro atoms. The Labute approximate surface area is 189 Å². The van der Waals surface area contributed by atoms with Crippen LogP contribution in [-0.2, 0) is 30.5 Å². The number of aromatic nitrogens is 1. The quantitative estimate of drug-likeness (QED) is 0.511. The Morgan fingerprint density at radius 3 is 2.53 bits per heavy atom. The van der Waals surface area contributed by atoms with Gasteiger partial charge in [0.05, 0.1) is 5.69 Å². The molecule has 0 atom stereocenters. The average Bonchev–Trinajstić information content (AvgIpc) is 3.18. The third-order valence-corrected chi connectivity index (χ3v) is 5.80. The Kier molecular flexibility index (Phi) is 7.52. The number of hydrogen-bond donors (Lipinski definition) is 1. The summed E-state index contributed by atoms with van der Waals surface area (Å²) in [5, 5.41) is 0.735. The molecule has 5 heteroatoms. The summed E-state index contributed by atoms with van der Waals surface area (Å²) in [7, 11) is 0. The smallest absolute Gasteiger partial charge is 0.217 e. The highest BCUT2D eigenvalue weighted by atomic mass is 35.5. The molecule has 3 aromatic rings. The van der Waals surface area contributed by atoms with E-state index in [0.717, 1.165) is 48.4 Å². The van der Waals surface area contributed by atoms with E-state index in [0.29, 0.717) is 6.42 Å². The van der Waals surface area contributed by atoms with Gasteiger partial charge in [0.25, 0.3) is 0 Å². The molecule has 3 nitrogen and oxygen atoms in total. The molecule has 0 aliphatic heterocycles. The standard InChI is InChI=1S/C25H25ClN2O.ClH/c26-21-6-2-5-19(15-21)24-16-20(22-7-3-8-23(22)28-24)14-18-12-10-17(11-13-18)4-1-9-25(27)29;/h2,5-6,10-13,15-16H,1,3-4,7-9,14H2,(H2,27,29);1H. The van der Waals surface area contributed by atoms with Gasteiger partial charge in [-0.3, -0.25) is 9.78 Å². The van der Waals surface area contributed by atoms with Crippen LogP contribution in [0.15, 0.2) is 54.6 Å². The molecule has 0 saturated heterocycles. The van der Waals surface area contributed by atoms with Crippen LogP contribution in [0.25, 0.3) is 11.3 Å². The molecule has 30 heavy (non-hydrogen) atoms. The van der Waals surface area contributed by atoms with Crippen molar-refractivity contribution in [3.05, 3.63) is 87.6 Å². The van der Waals surface area contributed by atoms with Crippen LogP contribution in [0.2, 0.25) is 5.02 Å². The van der Waals surface area contributed by atoms with E-state index < -0.39 is 0 Å². The predicted molar refractivity (Wildman–Crippen MR) is 125 cm³/mol. The van der Waals surface area contributed by atoms with E-state index in [-0.39, 0.29) is 18.3 Å². The molecule has 1 amide bonds. The summed E-state index contributed by atoms with van der Waals surface area (Å²) in [5.41, 5.74) is 13.9. The number of benzene rings is 2. The van der Waals surface area contributed by atoms with Crippen molar-refractivity contribution < 1.29 is 4.79 Å². The minimum atomic E-state index is -0.233. The third-order valence-electron chi connectivity index (χ3n) is 5.57. The van der Waals surface area contributed by atoms with E-state index >= 15 is 0 Å². The number of fused-ring (bicyclic) bond motifs is 1. The number of carbonyl (C=O) groups is 1. The summed E-state index contributed by atoms with van der Waals surface area (Å²) in [5.74, 6) is -0.233. The fraction of sp³-hybridized carbons (Fsp3) is 0.280. The Bertz CT molecular complexity index is 1030. The molecule has 156 valence electrons. The van der Waals surface area contributed by atoms with Crippen molar-refractivity contribution in [3.8, 4) is 11.3 Å². The molecule has 0 fully saturated rings. The zero-order valence-electron chi connectivity index (χ0n) is 16.9. The van der Waals surface area contributed by atoms with Crippen molar-refractivity contribution >= 4 is 29.9 Å². The van der Waals surface area contributed by atoms with Gasteiger partial charge in [-0.1, -0.05) is 48.0 Å². The molecule has 0 bridgehead atoms. The van der Waals surface area contributed by atoms with Crippen molar-refractivity contribution in [2.45, 2.75) is 44.9 Å². The van der Waals surface area contributed by atoms with E-state index in [9.17, 15) is 4.79 Å². The van der Waals surface area contributed by atoms with Crippen LogP contribution in [0.4, 0.5) is 0 Å². The highest BCUT2D eigenvalue weighted by Gasteiger charge is 2.18. The third kappa shape index (κ3) is 5.41. The largest absolute Gasteiger partial charge is 0.370 e. The zero-order valence-corrected chi connectivity index (χ0v) is 18.4. The summed E-state index contributed by atoms with van der Waals surface area (Å²) in [4.78, 5) is 15.8. The van der Waals surface area contributed by atoms with Gasteiger partial charge in [-0.05, 0) is 79.0 Å². The van der Waals surface area contributed by atoms with Crippen LogP contribution in [0, 0.1) is 0 Å². The van der Waals surface area contributed by atoms with Gasteiger partial charge in [0.15, 0.2) is 0 Å². The number of rotatable bonds is 7. The topological polar surface area (TPSA) is 56.0 Å². The SMILES string of the molecule is Cl.NC(=O)CCCc1ccc(Cc2cc(-c3cccc(Cl)c3)nc3c2CCC3)cc1. The molecule has 1 heterocycles. The molecule has 1 aromatic heterocycles. The Morgan fingerprint density at radius 1 is 1.03 bits per heavy atom. The predicted octanol–water partition coefficient (Wildman–Crippen LogP) is 5.71. The number of primary amides is 1. The van der Waals surface area contributed by atoms with Gasteiger partial charge in [0.2, 0.25) is 5.91 Å². The Morgan fingerprint density at radius 2 is 1.80 bits per heavy atom. The van der Waals surface area contributed by atoms with Crippen molar-refractivity contribution in [1.29, 1.82) is 0 Å². The Balaban J connectivity index is 0.00000256. The fourth-order valence-corrected chi connectivity index (χ4v) is 4.28. The number of aryl methyl sites for hydroxylation is 2. The lowest BCUT2D eigenvalue weighted by Gasteiger charge is -2.12. The van der Waals surface area contributed by atoms with Crippen molar-refractivity contribution in [2.75, 3.05) is 0 Å². The molecule has 2 N–H and O–H groups in total. The summed E-state index contributed by atoms with van der Waals surface area (Å²) >= 11 is 6.20. The van der Waals surface area contributed by atoms with Gasteiger partial charge >= 0.3 is 0 Å². The average molecular weight is 441 g/mol. The number of hydrogen-bond acceptors (Lipinski definition) is 2. The molecule has 0 radical (unpaired) electrons. The van der Waals surface area contributed by atoms with Gasteiger partial charge in [0, 0.05) is 22.7 Å². The summed E-state index contributed by atoms with van der Waals surface area (Å²) in [6.07, 6.45) is 6.36. The lowest BCUT2D eigenvalue weighted by molar-refractivity contribution is -0.118. The van der Waals surface area contributed by atoms with Gasteiger partial charge in [-0.25, -0.2) is 0 Å². The monoisotopic (exact) mass is 440 g/mol. The molecule has 2 aromatic carbocycles. The number of carbonyl (C=O) groups excluding carboxylic acids is 1. The zero-order chi connectivity index (χ0) is 20.2. The lowest BCUT2D eigenvalue weighted by atomic mass is 9.96. The van der Waals surface area contributed by atoms with Gasteiger partial charge < -0.3 is 5.73 Å². The first-order chi connectivity index (χ1) is 14.1. The highest BCUT2D eigenvalue weighted by molar-refractivity contribution is 6.30. The number of pyridine rings is 1. The lowest BCUT2D eigenvalue weighted by Crippen LogP contribution is -2.10. The number of nitrogens with two attached hydrogens (primary N) is 1. The van der Waals surface area contributed by atoms with Crippen molar-refractivity contribution in [3.63, 3.8) is 0 Å². The molecule has 1 aliphatic carbocycles. The summed E-state index contributed by atoms with van der Waals surface area (Å²) in [6.45, 7) is 0. The van der Waals surface area contributed by atoms with Crippen LogP contribution in [0.1, 0.15) is 47.2 Å². The van der Waals surface area contributed by atoms with Crippen LogP contribution in [0.5, 0.6) is 0 Å². The molecule has 1 aliphatic rings. The number of amides is 1. The molecule has 4 rings (SSSR count). The van der Waals surface area contributed by atoms with Crippen LogP contribution in [-0.4, -0.2) is 10.9 Å². The van der Waals surface area contributed by atoms with E-state index in [1.807, 2.05) is 18.2 Å². The molecular weight excluding hydrogens is 415 g/mol. The van der Waals surface area contributed by atoms with Crippen LogP contribution < -0.4 is 5.73 Å². The van der Waals surface area contributed by atoms with Crippen molar-refractivity contribution in [2.24, 2.45) is 5.73 Å². The molecular formula is C25H26Cl2N2O. The second-order valence-corrected chi connectivity index (χ2v) is 8.21. The first-order valence-electron chi connectivity index (χ1n) is 10.2. The molecule has 0 saturated carbocycles. The first-order valence-corrected chi connectivity index (χ1v) is 10.6. The summed E-state index contributed by atoms with van der Waals surface area (Å²) < 4.78 is 0.